The number of aromatic nitrogens is 5. The molecule has 2 N–H and O–H groups in total. The van der Waals surface area contributed by atoms with Gasteiger partial charge in [-0.1, -0.05) is 0 Å². The van der Waals surface area contributed by atoms with Crippen LogP contribution in [0.4, 0.5) is 13.2 Å². The number of hydrogen-bond acceptors (Lipinski definition) is 5. The van der Waals surface area contributed by atoms with Gasteiger partial charge in [-0.15, -0.1) is 0 Å². The van der Waals surface area contributed by atoms with Crippen LogP contribution >= 0.6 is 0 Å². The summed E-state index contributed by atoms with van der Waals surface area (Å²) in [5.74, 6) is -0.265. The van der Waals surface area contributed by atoms with Gasteiger partial charge < -0.3 is 10.5 Å². The average molecular weight is 450 g/mol. The summed E-state index contributed by atoms with van der Waals surface area (Å²) in [4.78, 5) is 14.9. The molecule has 11 heteroatoms. The SMILES string of the molecule is CCOc1cc(-n2cc3c(n2)CCCC3)ccn1.CCn1nc(C(F)(F)F)cc1C(N)=O. The van der Waals surface area contributed by atoms with Crippen molar-refractivity contribution >= 4 is 5.91 Å². The van der Waals surface area contributed by atoms with E-state index in [1.54, 1.807) is 13.1 Å². The van der Waals surface area contributed by atoms with Crippen LogP contribution in [0.25, 0.3) is 5.69 Å². The number of pyridine rings is 1. The summed E-state index contributed by atoms with van der Waals surface area (Å²) in [6.07, 6.45) is 4.14. The van der Waals surface area contributed by atoms with Crippen molar-refractivity contribution in [2.24, 2.45) is 5.73 Å². The highest BCUT2D eigenvalue weighted by Crippen LogP contribution is 2.28. The number of hydrogen-bond donors (Lipinski definition) is 1. The largest absolute Gasteiger partial charge is 0.478 e. The van der Waals surface area contributed by atoms with Gasteiger partial charge in [0.25, 0.3) is 5.91 Å². The van der Waals surface area contributed by atoms with Gasteiger partial charge in [-0.3, -0.25) is 9.48 Å². The van der Waals surface area contributed by atoms with Crippen LogP contribution in [-0.2, 0) is 25.6 Å². The lowest BCUT2D eigenvalue weighted by Crippen LogP contribution is -2.16. The van der Waals surface area contributed by atoms with Crippen LogP contribution in [0, 0.1) is 0 Å². The van der Waals surface area contributed by atoms with Crippen molar-refractivity contribution in [1.29, 1.82) is 0 Å². The summed E-state index contributed by atoms with van der Waals surface area (Å²) in [6.45, 7) is 4.32. The van der Waals surface area contributed by atoms with Crippen LogP contribution in [0.1, 0.15) is 54.1 Å². The Morgan fingerprint density at radius 2 is 1.94 bits per heavy atom. The molecule has 8 nitrogen and oxygen atoms in total. The second-order valence-corrected chi connectivity index (χ2v) is 7.13. The number of amides is 1. The Kier molecular flexibility index (Phi) is 7.16. The van der Waals surface area contributed by atoms with Crippen LogP contribution in [0.15, 0.2) is 30.6 Å². The summed E-state index contributed by atoms with van der Waals surface area (Å²) >= 11 is 0. The monoisotopic (exact) mass is 450 g/mol. The fourth-order valence-electron chi connectivity index (χ4n) is 3.37. The minimum atomic E-state index is -4.55. The van der Waals surface area contributed by atoms with Crippen LogP contribution in [0.3, 0.4) is 0 Å². The number of alkyl halides is 3. The minimum Gasteiger partial charge on any atom is -0.478 e. The highest BCUT2D eigenvalue weighted by molar-refractivity contribution is 5.91. The van der Waals surface area contributed by atoms with Gasteiger partial charge in [0.1, 0.15) is 5.69 Å². The summed E-state index contributed by atoms with van der Waals surface area (Å²) < 4.78 is 44.7. The molecule has 3 aromatic heterocycles. The molecule has 172 valence electrons. The van der Waals surface area contributed by atoms with Crippen molar-refractivity contribution < 1.29 is 22.7 Å². The number of carbonyl (C=O) groups is 1. The fourth-order valence-corrected chi connectivity index (χ4v) is 3.37. The van der Waals surface area contributed by atoms with E-state index in [4.69, 9.17) is 10.5 Å². The van der Waals surface area contributed by atoms with Gasteiger partial charge in [0, 0.05) is 31.1 Å². The molecule has 0 fully saturated rings. The van der Waals surface area contributed by atoms with Gasteiger partial charge >= 0.3 is 6.18 Å². The fraction of sp³-hybridized carbons (Fsp3) is 0.429. The number of fused-ring (bicyclic) bond motifs is 1. The minimum absolute atomic E-state index is 0.161. The molecule has 1 aliphatic rings. The summed E-state index contributed by atoms with van der Waals surface area (Å²) in [6, 6.07) is 4.54. The number of ether oxygens (including phenoxy) is 1. The number of aryl methyl sites for hydroxylation is 3. The maximum atomic E-state index is 12.2. The molecule has 0 radical (unpaired) electrons. The summed E-state index contributed by atoms with van der Waals surface area (Å²) in [7, 11) is 0. The normalized spacial score (nSPS) is 13.2. The Bertz CT molecular complexity index is 1050. The van der Waals surface area contributed by atoms with Gasteiger partial charge in [-0.2, -0.15) is 23.4 Å². The highest BCUT2D eigenvalue weighted by Gasteiger charge is 2.35. The number of rotatable bonds is 5. The molecule has 0 aromatic carbocycles. The van der Waals surface area contributed by atoms with Gasteiger partial charge in [0.05, 0.1) is 18.0 Å². The van der Waals surface area contributed by atoms with Gasteiger partial charge in [0.2, 0.25) is 5.88 Å². The molecule has 0 bridgehead atoms. The van der Waals surface area contributed by atoms with Crippen molar-refractivity contribution in [2.75, 3.05) is 6.61 Å². The van der Waals surface area contributed by atoms with E-state index in [9.17, 15) is 18.0 Å². The number of halogens is 3. The van der Waals surface area contributed by atoms with Gasteiger partial charge in [-0.05, 0) is 51.2 Å². The van der Waals surface area contributed by atoms with Crippen LogP contribution in [0.2, 0.25) is 0 Å². The van der Waals surface area contributed by atoms with Crippen molar-refractivity contribution in [2.45, 2.75) is 52.3 Å². The topological polar surface area (TPSA) is 101 Å². The zero-order valence-electron chi connectivity index (χ0n) is 17.9. The maximum absolute atomic E-state index is 12.2. The summed E-state index contributed by atoms with van der Waals surface area (Å²) in [5, 5.41) is 7.87. The van der Waals surface area contributed by atoms with Crippen molar-refractivity contribution in [3.8, 4) is 11.6 Å². The first-order valence-electron chi connectivity index (χ1n) is 10.3. The van der Waals surface area contributed by atoms with Crippen LogP contribution < -0.4 is 10.5 Å². The molecule has 1 amide bonds. The predicted molar refractivity (Wildman–Crippen MR) is 111 cm³/mol. The molecule has 0 spiro atoms. The first kappa shape index (κ1) is 23.3. The molecule has 32 heavy (non-hydrogen) atoms. The molecule has 3 aromatic rings. The Labute approximate surface area is 183 Å². The third-order valence-electron chi connectivity index (χ3n) is 4.88. The molecular weight excluding hydrogens is 425 g/mol. The molecule has 0 saturated carbocycles. The quantitative estimate of drug-likeness (QED) is 0.641. The zero-order valence-corrected chi connectivity index (χ0v) is 17.9. The van der Waals surface area contributed by atoms with E-state index in [0.717, 1.165) is 23.2 Å². The Morgan fingerprint density at radius 1 is 1.19 bits per heavy atom. The third-order valence-corrected chi connectivity index (χ3v) is 4.88. The van der Waals surface area contributed by atoms with Crippen molar-refractivity contribution in [3.05, 3.63) is 53.2 Å². The molecule has 4 rings (SSSR count). The second kappa shape index (κ2) is 9.84. The van der Waals surface area contributed by atoms with E-state index in [-0.39, 0.29) is 12.2 Å². The second-order valence-electron chi connectivity index (χ2n) is 7.13. The standard InChI is InChI=1S/C14H17N3O.C7H8F3N3O/c1-2-18-14-9-12(7-8-15-14)17-10-11-5-3-4-6-13(11)16-17;1-2-13-4(6(11)14)3-5(12-13)7(8,9)10/h7-10H,2-6H2,1H3;3H,2H2,1H3,(H2,11,14). The Hall–Kier alpha value is -3.37. The maximum Gasteiger partial charge on any atom is 0.435 e. The first-order valence-corrected chi connectivity index (χ1v) is 10.3. The lowest BCUT2D eigenvalue weighted by molar-refractivity contribution is -0.141. The first-order chi connectivity index (χ1) is 15.2. The van der Waals surface area contributed by atoms with Crippen molar-refractivity contribution in [1.82, 2.24) is 24.5 Å². The molecule has 0 atom stereocenters. The van der Waals surface area contributed by atoms with Crippen LogP contribution in [-0.4, -0.2) is 37.1 Å². The lowest BCUT2D eigenvalue weighted by Gasteiger charge is -2.06. The Morgan fingerprint density at radius 3 is 2.53 bits per heavy atom. The molecule has 0 unspecified atom stereocenters. The molecule has 1 aliphatic carbocycles. The van der Waals surface area contributed by atoms with E-state index in [1.807, 2.05) is 23.7 Å². The van der Waals surface area contributed by atoms with Gasteiger partial charge in [0.15, 0.2) is 5.69 Å². The third kappa shape index (κ3) is 5.45. The predicted octanol–water partition coefficient (Wildman–Crippen LogP) is 3.57. The lowest BCUT2D eigenvalue weighted by atomic mass is 9.99. The Balaban J connectivity index is 0.000000188. The number of carbonyl (C=O) groups excluding carboxylic acids is 1. The van der Waals surface area contributed by atoms with Crippen LogP contribution in [0.5, 0.6) is 5.88 Å². The van der Waals surface area contributed by atoms with E-state index in [1.165, 1.54) is 24.1 Å². The zero-order chi connectivity index (χ0) is 23.3. The van der Waals surface area contributed by atoms with Gasteiger partial charge in [-0.25, -0.2) is 9.67 Å². The molecular formula is C21H25F3N6O2. The number of nitrogens with two attached hydrogens (primary N) is 1. The summed E-state index contributed by atoms with van der Waals surface area (Å²) in [5.41, 5.74) is 7.19. The smallest absolute Gasteiger partial charge is 0.435 e. The van der Waals surface area contributed by atoms with E-state index >= 15 is 0 Å². The number of nitrogens with zero attached hydrogens (tertiary/aromatic N) is 5. The van der Waals surface area contributed by atoms with E-state index in [2.05, 4.69) is 21.4 Å². The van der Waals surface area contributed by atoms with Crippen molar-refractivity contribution in [3.63, 3.8) is 0 Å². The number of primary amides is 1. The molecule has 0 saturated heterocycles. The molecule has 3 heterocycles. The van der Waals surface area contributed by atoms with E-state index in [0.29, 0.717) is 18.6 Å². The van der Waals surface area contributed by atoms with E-state index < -0.39 is 17.8 Å². The highest BCUT2D eigenvalue weighted by atomic mass is 19.4. The molecule has 0 aliphatic heterocycles. The average Bonchev–Trinajstić information content (AvgIpc) is 3.39.